The molecule has 7 heteroatoms. The number of aliphatic imine (C=N–C) groups is 1. The third-order valence-corrected chi connectivity index (χ3v) is 3.43. The van der Waals surface area contributed by atoms with Crippen LogP contribution in [0.25, 0.3) is 0 Å². The number of hydrogen-bond acceptors (Lipinski definition) is 4. The van der Waals surface area contributed by atoms with E-state index in [0.717, 1.165) is 48.9 Å². The van der Waals surface area contributed by atoms with E-state index in [0.29, 0.717) is 11.7 Å². The zero-order chi connectivity index (χ0) is 16.5. The quantitative estimate of drug-likeness (QED) is 0.462. The van der Waals surface area contributed by atoms with E-state index >= 15 is 0 Å². The highest BCUT2D eigenvalue weighted by Gasteiger charge is 2.03. The average molecular weight is 336 g/mol. The molecule has 0 aliphatic rings. The topological polar surface area (TPSA) is 75.3 Å². The zero-order valence-corrected chi connectivity index (χ0v) is 14.2. The number of hydrogen-bond donors (Lipinski definition) is 2. The molecule has 0 bridgehead atoms. The molecule has 2 heterocycles. The van der Waals surface area contributed by atoms with Crippen LogP contribution in [-0.4, -0.2) is 29.2 Å². The van der Waals surface area contributed by atoms with E-state index in [4.69, 9.17) is 16.1 Å². The second kappa shape index (κ2) is 9.15. The monoisotopic (exact) mass is 335 g/mol. The summed E-state index contributed by atoms with van der Waals surface area (Å²) in [5.74, 6) is 1.52. The first kappa shape index (κ1) is 17.3. The molecule has 0 amide bonds. The van der Waals surface area contributed by atoms with E-state index in [1.165, 1.54) is 0 Å². The van der Waals surface area contributed by atoms with Gasteiger partial charge in [0.25, 0.3) is 0 Å². The Balaban J connectivity index is 1.84. The number of nitrogens with one attached hydrogen (secondary N) is 2. The van der Waals surface area contributed by atoms with Crippen LogP contribution in [0.4, 0.5) is 0 Å². The average Bonchev–Trinajstić information content (AvgIpc) is 3.02. The molecule has 2 N–H and O–H groups in total. The summed E-state index contributed by atoms with van der Waals surface area (Å²) in [4.78, 5) is 8.57. The number of aryl methyl sites for hydroxylation is 1. The number of aromatic nitrogens is 2. The molecule has 0 radical (unpaired) electrons. The zero-order valence-electron chi connectivity index (χ0n) is 13.5. The van der Waals surface area contributed by atoms with E-state index in [2.05, 4.69) is 25.8 Å². The fourth-order valence-corrected chi connectivity index (χ4v) is 2.09. The van der Waals surface area contributed by atoms with Crippen LogP contribution < -0.4 is 10.6 Å². The van der Waals surface area contributed by atoms with Crippen molar-refractivity contribution in [2.24, 2.45) is 4.99 Å². The van der Waals surface area contributed by atoms with Gasteiger partial charge in [-0.15, -0.1) is 0 Å². The van der Waals surface area contributed by atoms with E-state index < -0.39 is 0 Å². The summed E-state index contributed by atoms with van der Waals surface area (Å²) in [6, 6.07) is 5.71. The van der Waals surface area contributed by atoms with Crippen LogP contribution in [0.2, 0.25) is 5.15 Å². The lowest BCUT2D eigenvalue weighted by Crippen LogP contribution is -2.38. The van der Waals surface area contributed by atoms with Gasteiger partial charge in [0, 0.05) is 25.4 Å². The van der Waals surface area contributed by atoms with Crippen LogP contribution in [0.5, 0.6) is 0 Å². The van der Waals surface area contributed by atoms with Gasteiger partial charge >= 0.3 is 0 Å². The third-order valence-electron chi connectivity index (χ3n) is 3.20. The summed E-state index contributed by atoms with van der Waals surface area (Å²) in [5.41, 5.74) is 2.07. The smallest absolute Gasteiger partial charge is 0.191 e. The molecular weight excluding hydrogens is 314 g/mol. The van der Waals surface area contributed by atoms with Crippen LogP contribution in [0.1, 0.15) is 30.9 Å². The van der Waals surface area contributed by atoms with E-state index in [1.807, 2.05) is 26.0 Å². The molecule has 124 valence electrons. The highest BCUT2D eigenvalue weighted by atomic mass is 35.5. The minimum Gasteiger partial charge on any atom is -0.359 e. The lowest BCUT2D eigenvalue weighted by atomic mass is 10.2. The molecule has 2 rings (SSSR count). The minimum atomic E-state index is 0.463. The van der Waals surface area contributed by atoms with Crippen molar-refractivity contribution in [2.45, 2.75) is 33.2 Å². The Labute approximate surface area is 141 Å². The second-order valence-electron chi connectivity index (χ2n) is 5.00. The van der Waals surface area contributed by atoms with Crippen molar-refractivity contribution < 1.29 is 4.52 Å². The summed E-state index contributed by atoms with van der Waals surface area (Å²) in [5, 5.41) is 11.0. The predicted octanol–water partition coefficient (Wildman–Crippen LogP) is 2.58. The summed E-state index contributed by atoms with van der Waals surface area (Å²) >= 11 is 5.78. The first-order valence-electron chi connectivity index (χ1n) is 7.78. The molecule has 0 aliphatic carbocycles. The SMILES string of the molecule is CCNC(=NCc1cc(CC)no1)NCCc1ccc(Cl)nc1. The summed E-state index contributed by atoms with van der Waals surface area (Å²) in [6.45, 7) is 6.09. The largest absolute Gasteiger partial charge is 0.359 e. The van der Waals surface area contributed by atoms with Crippen molar-refractivity contribution in [3.8, 4) is 0 Å². The maximum absolute atomic E-state index is 5.78. The van der Waals surface area contributed by atoms with Crippen molar-refractivity contribution in [1.82, 2.24) is 20.8 Å². The highest BCUT2D eigenvalue weighted by molar-refractivity contribution is 6.29. The standard InChI is InChI=1S/C16H22ClN5O/c1-3-13-9-14(23-22-13)11-21-16(18-4-2)19-8-7-12-5-6-15(17)20-10-12/h5-6,9-10H,3-4,7-8,11H2,1-2H3,(H2,18,19,21). The van der Waals surface area contributed by atoms with Gasteiger partial charge in [-0.25, -0.2) is 9.98 Å². The van der Waals surface area contributed by atoms with Crippen molar-refractivity contribution in [3.05, 3.63) is 46.6 Å². The number of nitrogens with zero attached hydrogens (tertiary/aromatic N) is 3. The molecule has 0 spiro atoms. The van der Waals surface area contributed by atoms with Crippen LogP contribution in [-0.2, 0) is 19.4 Å². The Bertz CT molecular complexity index is 624. The van der Waals surface area contributed by atoms with Crippen LogP contribution >= 0.6 is 11.6 Å². The molecule has 2 aromatic heterocycles. The minimum absolute atomic E-state index is 0.463. The molecule has 6 nitrogen and oxygen atoms in total. The number of halogens is 1. The summed E-state index contributed by atoms with van der Waals surface area (Å²) in [7, 11) is 0. The second-order valence-corrected chi connectivity index (χ2v) is 5.39. The Morgan fingerprint density at radius 2 is 2.17 bits per heavy atom. The van der Waals surface area contributed by atoms with Gasteiger partial charge < -0.3 is 15.2 Å². The number of rotatable bonds is 7. The molecule has 0 aromatic carbocycles. The number of pyridine rings is 1. The number of guanidine groups is 1. The molecule has 0 aliphatic heterocycles. The Kier molecular flexibility index (Phi) is 6.87. The molecular formula is C16H22ClN5O. The maximum Gasteiger partial charge on any atom is 0.191 e. The van der Waals surface area contributed by atoms with Gasteiger partial charge in [0.1, 0.15) is 11.7 Å². The van der Waals surface area contributed by atoms with Gasteiger partial charge in [0.2, 0.25) is 0 Å². The highest BCUT2D eigenvalue weighted by Crippen LogP contribution is 2.06. The van der Waals surface area contributed by atoms with Crippen LogP contribution in [0, 0.1) is 0 Å². The van der Waals surface area contributed by atoms with Gasteiger partial charge in [-0.3, -0.25) is 0 Å². The molecule has 0 saturated carbocycles. The van der Waals surface area contributed by atoms with Crippen LogP contribution in [0.15, 0.2) is 33.9 Å². The van der Waals surface area contributed by atoms with E-state index in [1.54, 1.807) is 12.3 Å². The normalized spacial score (nSPS) is 11.5. The molecule has 0 fully saturated rings. The molecule has 2 aromatic rings. The van der Waals surface area contributed by atoms with Gasteiger partial charge in [-0.2, -0.15) is 0 Å². The molecule has 0 saturated heterocycles. The van der Waals surface area contributed by atoms with Crippen molar-refractivity contribution >= 4 is 17.6 Å². The molecule has 0 unspecified atom stereocenters. The van der Waals surface area contributed by atoms with Crippen molar-refractivity contribution in [1.29, 1.82) is 0 Å². The third kappa shape index (κ3) is 5.90. The first-order chi connectivity index (χ1) is 11.2. The van der Waals surface area contributed by atoms with Crippen molar-refractivity contribution in [3.63, 3.8) is 0 Å². The lowest BCUT2D eigenvalue weighted by molar-refractivity contribution is 0.379. The first-order valence-corrected chi connectivity index (χ1v) is 8.16. The fourth-order valence-electron chi connectivity index (χ4n) is 1.98. The lowest BCUT2D eigenvalue weighted by Gasteiger charge is -2.10. The predicted molar refractivity (Wildman–Crippen MR) is 91.7 cm³/mol. The van der Waals surface area contributed by atoms with Gasteiger partial charge in [0.15, 0.2) is 11.7 Å². The summed E-state index contributed by atoms with van der Waals surface area (Å²) in [6.07, 6.45) is 3.49. The van der Waals surface area contributed by atoms with Crippen LogP contribution in [0.3, 0.4) is 0 Å². The van der Waals surface area contributed by atoms with Gasteiger partial charge in [-0.1, -0.05) is 29.7 Å². The molecule has 0 atom stereocenters. The van der Waals surface area contributed by atoms with E-state index in [-0.39, 0.29) is 0 Å². The Hall–Kier alpha value is -2.08. The molecule has 23 heavy (non-hydrogen) atoms. The Morgan fingerprint density at radius 1 is 1.30 bits per heavy atom. The maximum atomic E-state index is 5.78. The van der Waals surface area contributed by atoms with Gasteiger partial charge in [-0.05, 0) is 31.4 Å². The van der Waals surface area contributed by atoms with Gasteiger partial charge in [0.05, 0.1) is 5.69 Å². The Morgan fingerprint density at radius 3 is 2.83 bits per heavy atom. The summed E-state index contributed by atoms with van der Waals surface area (Å²) < 4.78 is 5.24. The van der Waals surface area contributed by atoms with Crippen molar-refractivity contribution in [2.75, 3.05) is 13.1 Å². The van der Waals surface area contributed by atoms with E-state index in [9.17, 15) is 0 Å². The fraction of sp³-hybridized carbons (Fsp3) is 0.438.